The second-order valence-corrected chi connectivity index (χ2v) is 6.59. The lowest BCUT2D eigenvalue weighted by atomic mass is 10.0. The molecular weight excluding hydrogens is 256 g/mol. The fourth-order valence-electron chi connectivity index (χ4n) is 3.40. The quantitative estimate of drug-likeness (QED) is 0.765. The summed E-state index contributed by atoms with van der Waals surface area (Å²) < 4.78 is 2.57. The van der Waals surface area contributed by atoms with Crippen LogP contribution in [0.15, 0.2) is 30.9 Å². The fourth-order valence-corrected chi connectivity index (χ4v) is 3.40. The Morgan fingerprint density at radius 3 is 2.95 bits per heavy atom. The Morgan fingerprint density at radius 1 is 1.38 bits per heavy atom. The van der Waals surface area contributed by atoms with Gasteiger partial charge in [0, 0.05) is 42.7 Å². The van der Waals surface area contributed by atoms with Crippen molar-refractivity contribution in [3.05, 3.63) is 47.7 Å². The molecule has 2 nitrogen and oxygen atoms in total. The average molecular weight is 282 g/mol. The first-order valence-corrected chi connectivity index (χ1v) is 8.02. The Kier molecular flexibility index (Phi) is 3.90. The lowest BCUT2D eigenvalue weighted by molar-refractivity contribution is 0.308. The van der Waals surface area contributed by atoms with Crippen molar-refractivity contribution in [2.45, 2.75) is 39.8 Å². The number of allylic oxidation sites excluding steroid dienone is 1. The molecule has 0 saturated heterocycles. The zero-order valence-corrected chi connectivity index (χ0v) is 13.5. The molecule has 112 valence electrons. The number of aromatic nitrogens is 1. The van der Waals surface area contributed by atoms with E-state index >= 15 is 0 Å². The molecule has 0 N–H and O–H groups in total. The van der Waals surface area contributed by atoms with Crippen LogP contribution in [0.25, 0.3) is 10.9 Å². The standard InChI is InChI=1S/C19H26N2/c1-5-14(2)8-11-21-18-7-6-15(3)12-16(18)17-13-20(4)10-9-19(17)21/h5-7,12,14H,1,8-11,13H2,2-4H3. The number of aryl methyl sites for hydroxylation is 2. The van der Waals surface area contributed by atoms with Crippen molar-refractivity contribution in [3.63, 3.8) is 0 Å². The molecule has 3 rings (SSSR count). The van der Waals surface area contributed by atoms with Crippen molar-refractivity contribution in [2.24, 2.45) is 5.92 Å². The first-order valence-electron chi connectivity index (χ1n) is 8.02. The van der Waals surface area contributed by atoms with E-state index in [1.54, 1.807) is 11.3 Å². The van der Waals surface area contributed by atoms with E-state index < -0.39 is 0 Å². The van der Waals surface area contributed by atoms with Crippen LogP contribution in [0.4, 0.5) is 0 Å². The highest BCUT2D eigenvalue weighted by Crippen LogP contribution is 2.31. The molecule has 2 heteroatoms. The van der Waals surface area contributed by atoms with Gasteiger partial charge in [-0.05, 0) is 44.0 Å². The molecule has 1 aromatic heterocycles. The van der Waals surface area contributed by atoms with Gasteiger partial charge in [-0.2, -0.15) is 0 Å². The minimum absolute atomic E-state index is 0.579. The van der Waals surface area contributed by atoms with E-state index in [1.165, 1.54) is 35.9 Å². The number of fused-ring (bicyclic) bond motifs is 3. The van der Waals surface area contributed by atoms with E-state index in [1.807, 2.05) is 0 Å². The molecule has 2 heterocycles. The smallest absolute Gasteiger partial charge is 0.0486 e. The Hall–Kier alpha value is -1.54. The lowest BCUT2D eigenvalue weighted by Crippen LogP contribution is -2.27. The molecule has 1 aromatic carbocycles. The van der Waals surface area contributed by atoms with Gasteiger partial charge in [-0.1, -0.05) is 24.6 Å². The molecule has 0 radical (unpaired) electrons. The first-order chi connectivity index (χ1) is 10.1. The molecular formula is C19H26N2. The maximum absolute atomic E-state index is 3.92. The van der Waals surface area contributed by atoms with Crippen molar-refractivity contribution in [2.75, 3.05) is 13.6 Å². The zero-order chi connectivity index (χ0) is 15.0. The van der Waals surface area contributed by atoms with Gasteiger partial charge in [-0.3, -0.25) is 0 Å². The third kappa shape index (κ3) is 2.65. The normalized spacial score (nSPS) is 16.9. The Labute approximate surface area is 128 Å². The molecule has 0 aliphatic carbocycles. The number of hydrogen-bond donors (Lipinski definition) is 0. The van der Waals surface area contributed by atoms with Crippen LogP contribution >= 0.6 is 0 Å². The maximum Gasteiger partial charge on any atom is 0.0486 e. The van der Waals surface area contributed by atoms with Crippen molar-refractivity contribution >= 4 is 10.9 Å². The molecule has 0 spiro atoms. The van der Waals surface area contributed by atoms with Crippen LogP contribution in [0.3, 0.4) is 0 Å². The van der Waals surface area contributed by atoms with Crippen LogP contribution in [-0.4, -0.2) is 23.1 Å². The predicted octanol–water partition coefficient (Wildman–Crippen LogP) is 4.15. The minimum atomic E-state index is 0.579. The van der Waals surface area contributed by atoms with Gasteiger partial charge in [0.2, 0.25) is 0 Å². The summed E-state index contributed by atoms with van der Waals surface area (Å²) in [6, 6.07) is 6.91. The van der Waals surface area contributed by atoms with E-state index in [0.29, 0.717) is 5.92 Å². The van der Waals surface area contributed by atoms with Gasteiger partial charge in [0.15, 0.2) is 0 Å². The molecule has 0 bridgehead atoms. The van der Waals surface area contributed by atoms with E-state index in [2.05, 4.69) is 61.2 Å². The number of nitrogens with zero attached hydrogens (tertiary/aromatic N) is 2. The lowest BCUT2D eigenvalue weighted by Gasteiger charge is -2.24. The molecule has 1 atom stereocenters. The molecule has 1 aliphatic heterocycles. The zero-order valence-electron chi connectivity index (χ0n) is 13.5. The summed E-state index contributed by atoms with van der Waals surface area (Å²) in [7, 11) is 2.22. The highest BCUT2D eigenvalue weighted by Gasteiger charge is 2.22. The van der Waals surface area contributed by atoms with Crippen LogP contribution in [0.5, 0.6) is 0 Å². The second kappa shape index (κ2) is 5.69. The van der Waals surface area contributed by atoms with Crippen LogP contribution in [-0.2, 0) is 19.5 Å². The largest absolute Gasteiger partial charge is 0.344 e. The van der Waals surface area contributed by atoms with Gasteiger partial charge in [0.1, 0.15) is 0 Å². The second-order valence-electron chi connectivity index (χ2n) is 6.59. The minimum Gasteiger partial charge on any atom is -0.344 e. The number of hydrogen-bond acceptors (Lipinski definition) is 1. The van der Waals surface area contributed by atoms with E-state index in [0.717, 1.165) is 13.1 Å². The van der Waals surface area contributed by atoms with Gasteiger partial charge in [-0.25, -0.2) is 0 Å². The summed E-state index contributed by atoms with van der Waals surface area (Å²) in [6.07, 6.45) is 4.40. The highest BCUT2D eigenvalue weighted by molar-refractivity contribution is 5.86. The molecule has 1 aliphatic rings. The summed E-state index contributed by atoms with van der Waals surface area (Å²) in [5.41, 5.74) is 5.88. The van der Waals surface area contributed by atoms with Gasteiger partial charge in [0.05, 0.1) is 0 Å². The fraction of sp³-hybridized carbons (Fsp3) is 0.474. The Bertz CT molecular complexity index is 666. The summed E-state index contributed by atoms with van der Waals surface area (Å²) >= 11 is 0. The van der Waals surface area contributed by atoms with E-state index in [-0.39, 0.29) is 0 Å². The SMILES string of the molecule is C=CC(C)CCn1c2c(c3cc(C)ccc31)CN(C)CC2. The van der Waals surface area contributed by atoms with E-state index in [4.69, 9.17) is 0 Å². The first kappa shape index (κ1) is 14.4. The van der Waals surface area contributed by atoms with E-state index in [9.17, 15) is 0 Å². The van der Waals surface area contributed by atoms with Crippen molar-refractivity contribution in [1.29, 1.82) is 0 Å². The van der Waals surface area contributed by atoms with Crippen LogP contribution in [0.1, 0.15) is 30.2 Å². The molecule has 1 unspecified atom stereocenters. The monoisotopic (exact) mass is 282 g/mol. The molecule has 2 aromatic rings. The van der Waals surface area contributed by atoms with Gasteiger partial charge in [0.25, 0.3) is 0 Å². The highest BCUT2D eigenvalue weighted by atomic mass is 15.1. The summed E-state index contributed by atoms with van der Waals surface area (Å²) in [6.45, 7) is 11.7. The molecule has 0 fully saturated rings. The number of rotatable bonds is 4. The van der Waals surface area contributed by atoms with Crippen molar-refractivity contribution < 1.29 is 0 Å². The van der Waals surface area contributed by atoms with Gasteiger partial charge < -0.3 is 9.47 Å². The third-order valence-corrected chi connectivity index (χ3v) is 4.81. The third-order valence-electron chi connectivity index (χ3n) is 4.81. The van der Waals surface area contributed by atoms with Crippen LogP contribution in [0.2, 0.25) is 0 Å². The average Bonchev–Trinajstić information content (AvgIpc) is 2.77. The molecule has 0 amide bonds. The molecule has 0 saturated carbocycles. The summed E-state index contributed by atoms with van der Waals surface area (Å²) in [4.78, 5) is 2.43. The van der Waals surface area contributed by atoms with Gasteiger partial charge in [-0.15, -0.1) is 6.58 Å². The van der Waals surface area contributed by atoms with Crippen LogP contribution in [0, 0.1) is 12.8 Å². The predicted molar refractivity (Wildman–Crippen MR) is 90.7 cm³/mol. The van der Waals surface area contributed by atoms with Crippen molar-refractivity contribution in [1.82, 2.24) is 9.47 Å². The number of benzene rings is 1. The summed E-state index contributed by atoms with van der Waals surface area (Å²) in [5, 5.41) is 1.46. The Morgan fingerprint density at radius 2 is 2.19 bits per heavy atom. The van der Waals surface area contributed by atoms with Crippen molar-refractivity contribution in [3.8, 4) is 0 Å². The molecule has 21 heavy (non-hydrogen) atoms. The maximum atomic E-state index is 3.92. The van der Waals surface area contributed by atoms with Gasteiger partial charge >= 0.3 is 0 Å². The Balaban J connectivity index is 2.08. The van der Waals surface area contributed by atoms with Crippen LogP contribution < -0.4 is 0 Å². The number of likely N-dealkylation sites (N-methyl/N-ethyl adjacent to an activating group) is 1. The summed E-state index contributed by atoms with van der Waals surface area (Å²) in [5.74, 6) is 0.579. The topological polar surface area (TPSA) is 8.17 Å².